The fraction of sp³-hybridized carbons (Fsp3) is 0.391. The van der Waals surface area contributed by atoms with Gasteiger partial charge in [0.15, 0.2) is 0 Å². The number of rotatable bonds is 6. The van der Waals surface area contributed by atoms with Crippen LogP contribution >= 0.6 is 0 Å². The molecule has 0 spiro atoms. The lowest BCUT2D eigenvalue weighted by atomic mass is 10.1. The second kappa shape index (κ2) is 8.82. The summed E-state index contributed by atoms with van der Waals surface area (Å²) >= 11 is 0. The van der Waals surface area contributed by atoms with Gasteiger partial charge in [-0.2, -0.15) is 13.2 Å². The first-order valence-electron chi connectivity index (χ1n) is 10.4. The predicted octanol–water partition coefficient (Wildman–Crippen LogP) is 3.97. The maximum absolute atomic E-state index is 13.9. The Labute approximate surface area is 183 Å². The van der Waals surface area contributed by atoms with Crippen LogP contribution in [0.1, 0.15) is 24.8 Å². The van der Waals surface area contributed by atoms with Crippen molar-refractivity contribution in [2.45, 2.75) is 44.1 Å². The van der Waals surface area contributed by atoms with Crippen molar-refractivity contribution >= 4 is 23.2 Å². The third-order valence-corrected chi connectivity index (χ3v) is 5.72. The van der Waals surface area contributed by atoms with E-state index < -0.39 is 30.5 Å². The summed E-state index contributed by atoms with van der Waals surface area (Å²) in [5.74, 6) is -0.752. The predicted molar refractivity (Wildman–Crippen MR) is 113 cm³/mol. The summed E-state index contributed by atoms with van der Waals surface area (Å²) in [5.41, 5.74) is 1.20. The first-order chi connectivity index (χ1) is 15.3. The number of amides is 2. The zero-order chi connectivity index (χ0) is 22.9. The van der Waals surface area contributed by atoms with Gasteiger partial charge in [0.1, 0.15) is 11.8 Å². The molecule has 9 heteroatoms. The molecular formula is C23H24F3N3O3. The SMILES string of the molecule is COc1ccc(CN(CC(=O)N2c3ccccc3NC(=O)CC2C(F)(F)F)C2CC2)cc1. The number of halogens is 3. The van der Waals surface area contributed by atoms with Crippen molar-refractivity contribution in [2.24, 2.45) is 0 Å². The number of benzene rings is 2. The third-order valence-electron chi connectivity index (χ3n) is 5.72. The van der Waals surface area contributed by atoms with Crippen molar-refractivity contribution < 1.29 is 27.5 Å². The van der Waals surface area contributed by atoms with Crippen LogP contribution < -0.4 is 15.0 Å². The number of hydrogen-bond donors (Lipinski definition) is 1. The van der Waals surface area contributed by atoms with Gasteiger partial charge in [-0.1, -0.05) is 24.3 Å². The van der Waals surface area contributed by atoms with Gasteiger partial charge >= 0.3 is 6.18 Å². The molecule has 0 radical (unpaired) electrons. The van der Waals surface area contributed by atoms with Gasteiger partial charge in [0.25, 0.3) is 0 Å². The molecule has 2 aromatic rings. The standard InChI is InChI=1S/C23H24F3N3O3/c1-32-17-10-6-15(7-11-17)13-28(16-8-9-16)14-22(31)29-19-5-3-2-4-18(19)27-21(30)12-20(29)23(24,25)26/h2-7,10-11,16,20H,8-9,12-14H2,1H3,(H,27,30). The summed E-state index contributed by atoms with van der Waals surface area (Å²) in [7, 11) is 1.57. The van der Waals surface area contributed by atoms with Crippen molar-refractivity contribution in [1.82, 2.24) is 4.90 Å². The van der Waals surface area contributed by atoms with Crippen LogP contribution in [-0.2, 0) is 16.1 Å². The van der Waals surface area contributed by atoms with Gasteiger partial charge < -0.3 is 10.1 Å². The van der Waals surface area contributed by atoms with Crippen LogP contribution in [0.2, 0.25) is 0 Å². The van der Waals surface area contributed by atoms with Crippen molar-refractivity contribution in [2.75, 3.05) is 23.9 Å². The number of carbonyl (C=O) groups is 2. The number of anilines is 2. The Balaban J connectivity index is 1.61. The fourth-order valence-corrected chi connectivity index (χ4v) is 3.96. The van der Waals surface area contributed by atoms with Gasteiger partial charge in [-0.05, 0) is 42.7 Å². The van der Waals surface area contributed by atoms with Crippen LogP contribution in [0.3, 0.4) is 0 Å². The third kappa shape index (κ3) is 4.88. The van der Waals surface area contributed by atoms with E-state index in [1.54, 1.807) is 19.2 Å². The van der Waals surface area contributed by atoms with Crippen LogP contribution in [0.5, 0.6) is 5.75 Å². The molecule has 0 saturated heterocycles. The molecule has 1 aliphatic heterocycles. The normalized spacial score (nSPS) is 18.7. The second-order valence-corrected chi connectivity index (χ2v) is 8.07. The van der Waals surface area contributed by atoms with Crippen LogP contribution in [0.25, 0.3) is 0 Å². The lowest BCUT2D eigenvalue weighted by Crippen LogP contribution is -2.52. The summed E-state index contributed by atoms with van der Waals surface area (Å²) in [4.78, 5) is 28.1. The number of nitrogens with one attached hydrogen (secondary N) is 1. The first-order valence-corrected chi connectivity index (χ1v) is 10.4. The van der Waals surface area contributed by atoms with Gasteiger partial charge in [-0.3, -0.25) is 19.4 Å². The minimum absolute atomic E-state index is 0.0610. The maximum atomic E-state index is 13.9. The number of carbonyl (C=O) groups excluding carboxylic acids is 2. The van der Waals surface area contributed by atoms with Gasteiger partial charge in [0, 0.05) is 12.6 Å². The van der Waals surface area contributed by atoms with E-state index in [1.807, 2.05) is 29.2 Å². The fourth-order valence-electron chi connectivity index (χ4n) is 3.96. The number of hydrogen-bond acceptors (Lipinski definition) is 4. The van der Waals surface area contributed by atoms with Gasteiger partial charge in [-0.15, -0.1) is 0 Å². The topological polar surface area (TPSA) is 61.9 Å². The van der Waals surface area contributed by atoms with Crippen molar-refractivity contribution in [3.63, 3.8) is 0 Å². The quantitative estimate of drug-likeness (QED) is 0.728. The summed E-state index contributed by atoms with van der Waals surface area (Å²) in [6.45, 7) is 0.259. The highest BCUT2D eigenvalue weighted by Gasteiger charge is 2.49. The van der Waals surface area contributed by atoms with E-state index in [1.165, 1.54) is 12.1 Å². The molecule has 32 heavy (non-hydrogen) atoms. The van der Waals surface area contributed by atoms with E-state index in [9.17, 15) is 22.8 Å². The van der Waals surface area contributed by atoms with Gasteiger partial charge in [-0.25, -0.2) is 0 Å². The number of para-hydroxylation sites is 2. The molecule has 0 aromatic heterocycles. The van der Waals surface area contributed by atoms with Crippen molar-refractivity contribution in [3.8, 4) is 5.75 Å². The highest BCUT2D eigenvalue weighted by Crippen LogP contribution is 2.38. The van der Waals surface area contributed by atoms with Gasteiger partial charge in [0.2, 0.25) is 11.8 Å². The Bertz CT molecular complexity index is 990. The smallest absolute Gasteiger partial charge is 0.409 e. The average Bonchev–Trinajstić information content (AvgIpc) is 3.59. The summed E-state index contributed by atoms with van der Waals surface area (Å²) in [6.07, 6.45) is -3.80. The Kier molecular flexibility index (Phi) is 6.10. The number of fused-ring (bicyclic) bond motifs is 1. The zero-order valence-electron chi connectivity index (χ0n) is 17.6. The number of alkyl halides is 3. The molecule has 0 bridgehead atoms. The molecule has 1 heterocycles. The second-order valence-electron chi connectivity index (χ2n) is 8.07. The van der Waals surface area contributed by atoms with Crippen molar-refractivity contribution in [3.05, 3.63) is 54.1 Å². The van der Waals surface area contributed by atoms with E-state index in [4.69, 9.17) is 4.74 Å². The summed E-state index contributed by atoms with van der Waals surface area (Å²) in [5, 5.41) is 2.49. The van der Waals surface area contributed by atoms with E-state index >= 15 is 0 Å². The van der Waals surface area contributed by atoms with E-state index in [0.717, 1.165) is 23.3 Å². The molecule has 4 rings (SSSR count). The minimum Gasteiger partial charge on any atom is -0.497 e. The highest BCUT2D eigenvalue weighted by molar-refractivity contribution is 6.05. The number of ether oxygens (including phenoxy) is 1. The molecule has 1 saturated carbocycles. The first kappa shape index (κ1) is 22.1. The largest absolute Gasteiger partial charge is 0.497 e. The molecular weight excluding hydrogens is 423 g/mol. The maximum Gasteiger partial charge on any atom is 0.409 e. The Hall–Kier alpha value is -3.07. The molecule has 1 aliphatic carbocycles. The molecule has 1 atom stereocenters. The Morgan fingerprint density at radius 2 is 1.84 bits per heavy atom. The van der Waals surface area contributed by atoms with Crippen LogP contribution in [-0.4, -0.2) is 48.6 Å². The Morgan fingerprint density at radius 3 is 2.47 bits per heavy atom. The highest BCUT2D eigenvalue weighted by atomic mass is 19.4. The molecule has 170 valence electrons. The Morgan fingerprint density at radius 1 is 1.16 bits per heavy atom. The monoisotopic (exact) mass is 447 g/mol. The molecule has 1 N–H and O–H groups in total. The van der Waals surface area contributed by atoms with E-state index in [-0.39, 0.29) is 24.0 Å². The number of methoxy groups -OCH3 is 1. The molecule has 1 unspecified atom stereocenters. The minimum atomic E-state index is -4.75. The van der Waals surface area contributed by atoms with E-state index in [2.05, 4.69) is 5.32 Å². The number of nitrogens with zero attached hydrogens (tertiary/aromatic N) is 2. The molecule has 2 aliphatic rings. The average molecular weight is 447 g/mol. The van der Waals surface area contributed by atoms with Crippen LogP contribution in [0.15, 0.2) is 48.5 Å². The summed E-state index contributed by atoms with van der Waals surface area (Å²) in [6, 6.07) is 11.4. The summed E-state index contributed by atoms with van der Waals surface area (Å²) < 4.78 is 46.9. The molecule has 6 nitrogen and oxygen atoms in total. The van der Waals surface area contributed by atoms with E-state index in [0.29, 0.717) is 12.3 Å². The van der Waals surface area contributed by atoms with Gasteiger partial charge in [0.05, 0.1) is 31.5 Å². The lowest BCUT2D eigenvalue weighted by molar-refractivity contribution is -0.158. The molecule has 2 amide bonds. The van der Waals surface area contributed by atoms with Crippen LogP contribution in [0.4, 0.5) is 24.5 Å². The van der Waals surface area contributed by atoms with Crippen LogP contribution in [0, 0.1) is 0 Å². The lowest BCUT2D eigenvalue weighted by Gasteiger charge is -2.33. The molecule has 2 aromatic carbocycles. The molecule has 1 fully saturated rings. The van der Waals surface area contributed by atoms with Crippen molar-refractivity contribution in [1.29, 1.82) is 0 Å². The zero-order valence-corrected chi connectivity index (χ0v) is 17.6.